The molecule has 0 aliphatic carbocycles. The predicted molar refractivity (Wildman–Crippen MR) is 91.4 cm³/mol. The summed E-state index contributed by atoms with van der Waals surface area (Å²) >= 11 is 1.54. The molecule has 1 heterocycles. The Balaban J connectivity index is 1.95. The molecule has 0 atom stereocenters. The van der Waals surface area contributed by atoms with Crippen LogP contribution in [0, 0.1) is 13.8 Å². The molecule has 0 aliphatic rings. The maximum absolute atomic E-state index is 12.6. The smallest absolute Gasteiger partial charge is 0.275 e. The van der Waals surface area contributed by atoms with E-state index < -0.39 is 0 Å². The summed E-state index contributed by atoms with van der Waals surface area (Å²) in [5.41, 5.74) is 3.35. The third-order valence-electron chi connectivity index (χ3n) is 3.38. The van der Waals surface area contributed by atoms with E-state index in [4.69, 9.17) is 0 Å². The van der Waals surface area contributed by atoms with Crippen molar-refractivity contribution in [2.45, 2.75) is 13.8 Å². The van der Waals surface area contributed by atoms with Crippen molar-refractivity contribution in [1.82, 2.24) is 4.98 Å². The number of carbonyl (C=O) groups excluding carboxylic acids is 1. The number of rotatable bonds is 3. The summed E-state index contributed by atoms with van der Waals surface area (Å²) in [4.78, 5) is 17.9. The summed E-state index contributed by atoms with van der Waals surface area (Å²) in [7, 11) is 0. The fourth-order valence-electron chi connectivity index (χ4n) is 2.26. The molecule has 3 nitrogen and oxygen atoms in total. The van der Waals surface area contributed by atoms with Crippen molar-refractivity contribution >= 4 is 22.9 Å². The number of aromatic nitrogens is 1. The maximum Gasteiger partial charge on any atom is 0.275 e. The quantitative estimate of drug-likeness (QED) is 0.763. The third kappa shape index (κ3) is 2.92. The second-order valence-electron chi connectivity index (χ2n) is 5.05. The van der Waals surface area contributed by atoms with E-state index in [1.54, 1.807) is 0 Å². The first-order valence-corrected chi connectivity index (χ1v) is 7.86. The first-order chi connectivity index (χ1) is 10.6. The highest BCUT2D eigenvalue weighted by atomic mass is 32.1. The van der Waals surface area contributed by atoms with Crippen LogP contribution in [0.2, 0.25) is 0 Å². The highest BCUT2D eigenvalue weighted by molar-refractivity contribution is 7.15. The average Bonchev–Trinajstić information content (AvgIpc) is 2.92. The average molecular weight is 308 g/mol. The Morgan fingerprint density at radius 2 is 1.68 bits per heavy atom. The molecule has 0 saturated carbocycles. The molecule has 2 aromatic carbocycles. The molecule has 22 heavy (non-hydrogen) atoms. The highest BCUT2D eigenvalue weighted by Gasteiger charge is 2.18. The Hall–Kier alpha value is -2.46. The molecule has 1 amide bonds. The van der Waals surface area contributed by atoms with Gasteiger partial charge in [-0.15, -0.1) is 11.3 Å². The molecule has 3 aromatic rings. The Morgan fingerprint density at radius 1 is 1.00 bits per heavy atom. The van der Waals surface area contributed by atoms with Gasteiger partial charge in [0.05, 0.1) is 9.88 Å². The second-order valence-corrected chi connectivity index (χ2v) is 6.25. The van der Waals surface area contributed by atoms with Gasteiger partial charge in [0.25, 0.3) is 5.91 Å². The van der Waals surface area contributed by atoms with E-state index in [0.29, 0.717) is 5.69 Å². The van der Waals surface area contributed by atoms with Crippen LogP contribution in [0.25, 0.3) is 10.4 Å². The molecular weight excluding hydrogens is 292 g/mol. The lowest BCUT2D eigenvalue weighted by Gasteiger charge is -2.08. The van der Waals surface area contributed by atoms with Crippen LogP contribution in [0.5, 0.6) is 0 Å². The van der Waals surface area contributed by atoms with Gasteiger partial charge in [0, 0.05) is 5.69 Å². The summed E-state index contributed by atoms with van der Waals surface area (Å²) in [6.45, 7) is 3.89. The molecule has 1 N–H and O–H groups in total. The van der Waals surface area contributed by atoms with Crippen LogP contribution in [0.15, 0.2) is 54.6 Å². The van der Waals surface area contributed by atoms with Gasteiger partial charge in [-0.1, -0.05) is 48.5 Å². The van der Waals surface area contributed by atoms with Crippen molar-refractivity contribution in [1.29, 1.82) is 0 Å². The molecule has 4 heteroatoms. The van der Waals surface area contributed by atoms with Gasteiger partial charge < -0.3 is 5.32 Å². The van der Waals surface area contributed by atoms with E-state index in [9.17, 15) is 4.79 Å². The van der Waals surface area contributed by atoms with Crippen LogP contribution < -0.4 is 5.32 Å². The summed E-state index contributed by atoms with van der Waals surface area (Å²) < 4.78 is 0. The molecule has 0 aliphatic heterocycles. The van der Waals surface area contributed by atoms with Crippen LogP contribution in [-0.4, -0.2) is 10.9 Å². The zero-order chi connectivity index (χ0) is 15.5. The summed E-state index contributed by atoms with van der Waals surface area (Å²) in [6, 6.07) is 17.6. The van der Waals surface area contributed by atoms with Crippen LogP contribution in [0.4, 0.5) is 5.69 Å². The number of hydrogen-bond donors (Lipinski definition) is 1. The van der Waals surface area contributed by atoms with Gasteiger partial charge in [-0.2, -0.15) is 0 Å². The standard InChI is InChI=1S/C18H16N2OS/c1-12-8-6-7-11-15(12)20-18(21)16-17(22-13(2)19-16)14-9-4-3-5-10-14/h3-11H,1-2H3,(H,20,21). The predicted octanol–water partition coefficient (Wildman–Crippen LogP) is 4.68. The van der Waals surface area contributed by atoms with Gasteiger partial charge in [-0.3, -0.25) is 4.79 Å². The lowest BCUT2D eigenvalue weighted by Crippen LogP contribution is -2.14. The zero-order valence-electron chi connectivity index (χ0n) is 12.5. The number of benzene rings is 2. The third-order valence-corrected chi connectivity index (χ3v) is 4.40. The fourth-order valence-corrected chi connectivity index (χ4v) is 3.18. The number of hydrogen-bond acceptors (Lipinski definition) is 3. The van der Waals surface area contributed by atoms with E-state index in [1.165, 1.54) is 11.3 Å². The SMILES string of the molecule is Cc1nc(C(=O)Nc2ccccc2C)c(-c2ccccc2)s1. The van der Waals surface area contributed by atoms with Crippen LogP contribution in [0.3, 0.4) is 0 Å². The van der Waals surface area contributed by atoms with Crippen LogP contribution in [0.1, 0.15) is 21.1 Å². The normalized spacial score (nSPS) is 10.5. The number of thiazole rings is 1. The monoisotopic (exact) mass is 308 g/mol. The van der Waals surface area contributed by atoms with Gasteiger partial charge in [0.2, 0.25) is 0 Å². The molecule has 0 bridgehead atoms. The van der Waals surface area contributed by atoms with E-state index in [-0.39, 0.29) is 5.91 Å². The van der Waals surface area contributed by atoms with Crippen molar-refractivity contribution in [3.05, 3.63) is 70.9 Å². The summed E-state index contributed by atoms with van der Waals surface area (Å²) in [6.07, 6.45) is 0. The second kappa shape index (κ2) is 6.12. The van der Waals surface area contributed by atoms with E-state index >= 15 is 0 Å². The van der Waals surface area contributed by atoms with E-state index in [2.05, 4.69) is 10.3 Å². The largest absolute Gasteiger partial charge is 0.320 e. The topological polar surface area (TPSA) is 42.0 Å². The minimum atomic E-state index is -0.169. The lowest BCUT2D eigenvalue weighted by atomic mass is 10.1. The lowest BCUT2D eigenvalue weighted by molar-refractivity contribution is 0.102. The molecule has 110 valence electrons. The van der Waals surface area contributed by atoms with Crippen molar-refractivity contribution in [3.8, 4) is 10.4 Å². The number of para-hydroxylation sites is 1. The van der Waals surface area contributed by atoms with Crippen LogP contribution >= 0.6 is 11.3 Å². The summed E-state index contributed by atoms with van der Waals surface area (Å²) in [5, 5.41) is 3.84. The Morgan fingerprint density at radius 3 is 2.41 bits per heavy atom. The van der Waals surface area contributed by atoms with Crippen molar-refractivity contribution < 1.29 is 4.79 Å². The maximum atomic E-state index is 12.6. The molecule has 0 saturated heterocycles. The molecule has 0 radical (unpaired) electrons. The van der Waals surface area contributed by atoms with Crippen molar-refractivity contribution in [2.24, 2.45) is 0 Å². The molecule has 0 unspecified atom stereocenters. The number of carbonyl (C=O) groups is 1. The first-order valence-electron chi connectivity index (χ1n) is 7.05. The van der Waals surface area contributed by atoms with Crippen molar-refractivity contribution in [3.63, 3.8) is 0 Å². The van der Waals surface area contributed by atoms with Gasteiger partial charge in [0.1, 0.15) is 5.69 Å². The summed E-state index contributed by atoms with van der Waals surface area (Å²) in [5.74, 6) is -0.169. The van der Waals surface area contributed by atoms with Gasteiger partial charge in [-0.05, 0) is 31.0 Å². The molecule has 0 fully saturated rings. The molecule has 0 spiro atoms. The Bertz CT molecular complexity index is 809. The first kappa shape index (κ1) is 14.5. The van der Waals surface area contributed by atoms with E-state index in [0.717, 1.165) is 26.7 Å². The minimum Gasteiger partial charge on any atom is -0.320 e. The fraction of sp³-hybridized carbons (Fsp3) is 0.111. The van der Waals surface area contributed by atoms with Crippen molar-refractivity contribution in [2.75, 3.05) is 5.32 Å². The van der Waals surface area contributed by atoms with E-state index in [1.807, 2.05) is 68.4 Å². The van der Waals surface area contributed by atoms with Gasteiger partial charge in [-0.25, -0.2) is 4.98 Å². The zero-order valence-corrected chi connectivity index (χ0v) is 13.3. The van der Waals surface area contributed by atoms with Gasteiger partial charge in [0.15, 0.2) is 0 Å². The number of anilines is 1. The highest BCUT2D eigenvalue weighted by Crippen LogP contribution is 2.30. The number of nitrogens with zero attached hydrogens (tertiary/aromatic N) is 1. The van der Waals surface area contributed by atoms with Gasteiger partial charge >= 0.3 is 0 Å². The molecule has 3 rings (SSSR count). The van der Waals surface area contributed by atoms with Crippen LogP contribution in [-0.2, 0) is 0 Å². The number of amides is 1. The Labute approximate surface area is 133 Å². The Kier molecular flexibility index (Phi) is 4.02. The molecule has 1 aromatic heterocycles. The number of aryl methyl sites for hydroxylation is 2. The minimum absolute atomic E-state index is 0.169. The molecular formula is C18H16N2OS. The number of nitrogens with one attached hydrogen (secondary N) is 1.